The minimum absolute atomic E-state index is 0. The highest BCUT2D eigenvalue weighted by Crippen LogP contribution is 2.23. The lowest BCUT2D eigenvalue weighted by Crippen LogP contribution is -2.36. The molecule has 0 atom stereocenters. The van der Waals surface area contributed by atoms with Gasteiger partial charge in [-0.2, -0.15) is 0 Å². The van der Waals surface area contributed by atoms with Gasteiger partial charge in [0, 0.05) is 16.6 Å². The van der Waals surface area contributed by atoms with Crippen molar-refractivity contribution in [3.63, 3.8) is 0 Å². The molecule has 0 saturated heterocycles. The number of rotatable bonds is 6. The number of oxazole rings is 1. The van der Waals surface area contributed by atoms with Crippen molar-refractivity contribution in [2.75, 3.05) is 13.7 Å². The average molecular weight is 523 g/mol. The molecule has 0 aliphatic carbocycles. The van der Waals surface area contributed by atoms with Crippen LogP contribution in [0, 0.1) is 13.8 Å². The van der Waals surface area contributed by atoms with Crippen LogP contribution in [0.3, 0.4) is 0 Å². The highest BCUT2D eigenvalue weighted by atomic mass is 127. The van der Waals surface area contributed by atoms with Gasteiger partial charge in [-0.25, -0.2) is 9.98 Å². The Bertz CT molecular complexity index is 699. The van der Waals surface area contributed by atoms with E-state index in [0.717, 1.165) is 33.8 Å². The SMILES string of the molecule is CCNC(=NCc1cc(Br)ccc1OC)NCc1nc(C)c(C)o1.I. The molecule has 2 rings (SSSR count). The third-order valence-corrected chi connectivity index (χ3v) is 3.97. The van der Waals surface area contributed by atoms with E-state index in [2.05, 4.69) is 36.5 Å². The first kappa shape index (κ1) is 21.8. The van der Waals surface area contributed by atoms with Gasteiger partial charge in [-0.3, -0.25) is 0 Å². The zero-order chi connectivity index (χ0) is 17.5. The lowest BCUT2D eigenvalue weighted by molar-refractivity contribution is 0.409. The van der Waals surface area contributed by atoms with Crippen LogP contribution in [0.5, 0.6) is 5.75 Å². The molecular formula is C17H24BrIN4O2. The molecule has 1 aromatic carbocycles. The molecule has 1 aromatic heterocycles. The molecule has 2 aromatic rings. The fraction of sp³-hybridized carbons (Fsp3) is 0.412. The molecule has 1 heterocycles. The van der Waals surface area contributed by atoms with E-state index in [-0.39, 0.29) is 24.0 Å². The number of hydrogen-bond donors (Lipinski definition) is 2. The minimum atomic E-state index is 0. The van der Waals surface area contributed by atoms with Gasteiger partial charge in [-0.1, -0.05) is 15.9 Å². The van der Waals surface area contributed by atoms with E-state index in [0.29, 0.717) is 24.9 Å². The summed E-state index contributed by atoms with van der Waals surface area (Å²) in [5.74, 6) is 3.01. The molecule has 25 heavy (non-hydrogen) atoms. The number of nitrogens with one attached hydrogen (secondary N) is 2. The molecule has 0 aliphatic heterocycles. The van der Waals surface area contributed by atoms with Gasteiger partial charge in [0.05, 0.1) is 25.9 Å². The number of nitrogens with zero attached hydrogens (tertiary/aromatic N) is 2. The van der Waals surface area contributed by atoms with Crippen molar-refractivity contribution >= 4 is 45.9 Å². The van der Waals surface area contributed by atoms with Crippen LogP contribution in [-0.4, -0.2) is 24.6 Å². The van der Waals surface area contributed by atoms with E-state index in [1.807, 2.05) is 39.0 Å². The number of ether oxygens (including phenoxy) is 1. The van der Waals surface area contributed by atoms with E-state index in [4.69, 9.17) is 9.15 Å². The summed E-state index contributed by atoms with van der Waals surface area (Å²) in [5, 5.41) is 6.44. The first-order chi connectivity index (χ1) is 11.5. The van der Waals surface area contributed by atoms with Gasteiger partial charge in [0.2, 0.25) is 5.89 Å². The van der Waals surface area contributed by atoms with Crippen LogP contribution in [0.1, 0.15) is 29.8 Å². The van der Waals surface area contributed by atoms with Crippen molar-refractivity contribution in [3.05, 3.63) is 45.6 Å². The maximum Gasteiger partial charge on any atom is 0.214 e. The largest absolute Gasteiger partial charge is 0.496 e. The van der Waals surface area contributed by atoms with Gasteiger partial charge in [0.25, 0.3) is 0 Å². The summed E-state index contributed by atoms with van der Waals surface area (Å²) in [5.41, 5.74) is 1.92. The van der Waals surface area contributed by atoms with Gasteiger partial charge in [-0.15, -0.1) is 24.0 Å². The van der Waals surface area contributed by atoms with Gasteiger partial charge in [0.1, 0.15) is 11.5 Å². The summed E-state index contributed by atoms with van der Waals surface area (Å²) in [6, 6.07) is 5.88. The zero-order valence-corrected chi connectivity index (χ0v) is 18.8. The van der Waals surface area contributed by atoms with Crippen molar-refractivity contribution in [3.8, 4) is 5.75 Å². The van der Waals surface area contributed by atoms with E-state index in [1.54, 1.807) is 7.11 Å². The first-order valence-corrected chi connectivity index (χ1v) is 8.60. The third-order valence-electron chi connectivity index (χ3n) is 3.47. The van der Waals surface area contributed by atoms with Crippen LogP contribution < -0.4 is 15.4 Å². The first-order valence-electron chi connectivity index (χ1n) is 7.81. The van der Waals surface area contributed by atoms with Crippen molar-refractivity contribution < 1.29 is 9.15 Å². The predicted octanol–water partition coefficient (Wildman–Crippen LogP) is 3.94. The highest BCUT2D eigenvalue weighted by Gasteiger charge is 2.07. The molecule has 0 spiro atoms. The van der Waals surface area contributed by atoms with Crippen LogP contribution >= 0.6 is 39.9 Å². The Balaban J connectivity index is 0.00000312. The summed E-state index contributed by atoms with van der Waals surface area (Å²) in [4.78, 5) is 8.96. The van der Waals surface area contributed by atoms with Gasteiger partial charge in [-0.05, 0) is 39.0 Å². The molecule has 138 valence electrons. The molecule has 0 amide bonds. The molecule has 0 fully saturated rings. The minimum Gasteiger partial charge on any atom is -0.496 e. The Labute approximate surface area is 174 Å². The van der Waals surface area contributed by atoms with E-state index < -0.39 is 0 Å². The maximum atomic E-state index is 5.58. The fourth-order valence-electron chi connectivity index (χ4n) is 2.15. The lowest BCUT2D eigenvalue weighted by Gasteiger charge is -2.11. The summed E-state index contributed by atoms with van der Waals surface area (Å²) < 4.78 is 12.0. The molecule has 8 heteroatoms. The number of aryl methyl sites for hydroxylation is 2. The number of methoxy groups -OCH3 is 1. The molecule has 0 aliphatic rings. The van der Waals surface area contributed by atoms with E-state index in [1.165, 1.54) is 0 Å². The van der Waals surface area contributed by atoms with Crippen LogP contribution in [0.15, 0.2) is 32.1 Å². The molecule has 0 unspecified atom stereocenters. The summed E-state index contributed by atoms with van der Waals surface area (Å²) in [6.07, 6.45) is 0. The number of guanidine groups is 1. The molecule has 0 saturated carbocycles. The lowest BCUT2D eigenvalue weighted by atomic mass is 10.2. The highest BCUT2D eigenvalue weighted by molar-refractivity contribution is 14.0. The Morgan fingerprint density at radius 1 is 1.32 bits per heavy atom. The number of aromatic nitrogens is 1. The number of aliphatic imine (C=N–C) groups is 1. The van der Waals surface area contributed by atoms with Crippen LogP contribution in [0.4, 0.5) is 0 Å². The predicted molar refractivity (Wildman–Crippen MR) is 114 cm³/mol. The van der Waals surface area contributed by atoms with Crippen LogP contribution in [0.25, 0.3) is 0 Å². The van der Waals surface area contributed by atoms with Crippen molar-refractivity contribution in [1.82, 2.24) is 15.6 Å². The molecular weight excluding hydrogens is 499 g/mol. The van der Waals surface area contributed by atoms with Crippen molar-refractivity contribution in [2.45, 2.75) is 33.9 Å². The molecule has 6 nitrogen and oxygen atoms in total. The Kier molecular flexibility index (Phi) is 9.26. The topological polar surface area (TPSA) is 71.7 Å². The third kappa shape index (κ3) is 6.50. The average Bonchev–Trinajstić information content (AvgIpc) is 2.88. The summed E-state index contributed by atoms with van der Waals surface area (Å²) >= 11 is 3.48. The van der Waals surface area contributed by atoms with Gasteiger partial charge in [0.15, 0.2) is 5.96 Å². The number of hydrogen-bond acceptors (Lipinski definition) is 4. The van der Waals surface area contributed by atoms with Gasteiger partial charge < -0.3 is 19.8 Å². The normalized spacial score (nSPS) is 11.0. The molecule has 0 radical (unpaired) electrons. The maximum absolute atomic E-state index is 5.58. The number of halogens is 2. The quantitative estimate of drug-likeness (QED) is 0.341. The standard InChI is InChI=1S/C17H23BrN4O2.HI/c1-5-19-17(21-10-16-22-11(2)12(3)24-16)20-9-13-8-14(18)6-7-15(13)23-4;/h6-8H,5,9-10H2,1-4H3,(H2,19,20,21);1H. The smallest absolute Gasteiger partial charge is 0.214 e. The van der Waals surface area contributed by atoms with Crippen molar-refractivity contribution in [1.29, 1.82) is 0 Å². The van der Waals surface area contributed by atoms with Crippen molar-refractivity contribution in [2.24, 2.45) is 4.99 Å². The van der Waals surface area contributed by atoms with Crippen LogP contribution in [0.2, 0.25) is 0 Å². The Morgan fingerprint density at radius 3 is 2.68 bits per heavy atom. The number of benzene rings is 1. The summed E-state index contributed by atoms with van der Waals surface area (Å²) in [7, 11) is 1.66. The second kappa shape index (κ2) is 10.6. The van der Waals surface area contributed by atoms with E-state index >= 15 is 0 Å². The molecule has 2 N–H and O–H groups in total. The fourth-order valence-corrected chi connectivity index (χ4v) is 2.56. The Hall–Kier alpha value is -1.29. The Morgan fingerprint density at radius 2 is 2.08 bits per heavy atom. The summed E-state index contributed by atoms with van der Waals surface area (Å²) in [6.45, 7) is 7.62. The molecule has 0 bridgehead atoms. The van der Waals surface area contributed by atoms with Gasteiger partial charge >= 0.3 is 0 Å². The zero-order valence-electron chi connectivity index (χ0n) is 14.9. The second-order valence-electron chi connectivity index (χ2n) is 5.25. The van der Waals surface area contributed by atoms with Crippen LogP contribution in [-0.2, 0) is 13.1 Å². The second-order valence-corrected chi connectivity index (χ2v) is 6.17. The van der Waals surface area contributed by atoms with E-state index in [9.17, 15) is 0 Å². The monoisotopic (exact) mass is 522 g/mol.